The van der Waals surface area contributed by atoms with E-state index < -0.39 is 6.04 Å². The molecule has 0 aromatic heterocycles. The minimum absolute atomic E-state index is 0.122. The molecule has 0 saturated heterocycles. The van der Waals surface area contributed by atoms with Crippen molar-refractivity contribution in [3.63, 3.8) is 0 Å². The summed E-state index contributed by atoms with van der Waals surface area (Å²) in [5, 5.41) is 3.15. The zero-order valence-electron chi connectivity index (χ0n) is 19.3. The summed E-state index contributed by atoms with van der Waals surface area (Å²) in [6.45, 7) is 3.92. The van der Waals surface area contributed by atoms with Crippen molar-refractivity contribution in [2.75, 3.05) is 13.7 Å². The van der Waals surface area contributed by atoms with Gasteiger partial charge in [0.1, 0.15) is 17.5 Å². The largest absolute Gasteiger partial charge is 0.497 e. The molecule has 0 heterocycles. The van der Waals surface area contributed by atoms with Crippen LogP contribution in [-0.2, 0) is 16.1 Å². The van der Waals surface area contributed by atoms with Crippen LogP contribution in [0.2, 0.25) is 0 Å². The Morgan fingerprint density at radius 2 is 1.78 bits per heavy atom. The highest BCUT2D eigenvalue weighted by molar-refractivity contribution is 5.88. The first-order valence-corrected chi connectivity index (χ1v) is 11.4. The monoisotopic (exact) mass is 438 g/mol. The Hall–Kier alpha value is -3.02. The van der Waals surface area contributed by atoms with Crippen LogP contribution in [0.3, 0.4) is 0 Å². The molecule has 0 radical (unpaired) electrons. The van der Waals surface area contributed by atoms with Gasteiger partial charge >= 0.3 is 0 Å². The van der Waals surface area contributed by atoms with Crippen LogP contribution in [0.1, 0.15) is 50.2 Å². The number of carbonyl (C=O) groups is 2. The molecule has 0 aliphatic heterocycles. The van der Waals surface area contributed by atoms with Crippen molar-refractivity contribution >= 4 is 11.8 Å². The summed E-state index contributed by atoms with van der Waals surface area (Å²) in [7, 11) is 1.61. The van der Waals surface area contributed by atoms with Crippen LogP contribution in [0, 0.1) is 6.92 Å². The van der Waals surface area contributed by atoms with Gasteiger partial charge in [0, 0.05) is 12.6 Å². The fourth-order valence-electron chi connectivity index (χ4n) is 4.05. The molecule has 1 saturated carbocycles. The third-order valence-corrected chi connectivity index (χ3v) is 5.96. The number of hydrogen-bond donors (Lipinski definition) is 1. The second-order valence-electron chi connectivity index (χ2n) is 8.50. The molecule has 1 aliphatic rings. The molecule has 32 heavy (non-hydrogen) atoms. The quantitative estimate of drug-likeness (QED) is 0.636. The Morgan fingerprint density at radius 3 is 2.50 bits per heavy atom. The smallest absolute Gasteiger partial charge is 0.261 e. The molecule has 6 nitrogen and oxygen atoms in total. The molecule has 1 N–H and O–H groups in total. The molecule has 6 heteroatoms. The van der Waals surface area contributed by atoms with E-state index in [9.17, 15) is 9.59 Å². The maximum atomic E-state index is 13.2. The maximum Gasteiger partial charge on any atom is 0.261 e. The Labute approximate surface area is 190 Å². The number of amides is 2. The van der Waals surface area contributed by atoms with E-state index in [1.54, 1.807) is 18.9 Å². The lowest BCUT2D eigenvalue weighted by molar-refractivity contribution is -0.142. The molecule has 1 fully saturated rings. The predicted molar refractivity (Wildman–Crippen MR) is 125 cm³/mol. The molecular weight excluding hydrogens is 404 g/mol. The fraction of sp³-hybridized carbons (Fsp3) is 0.462. The highest BCUT2D eigenvalue weighted by atomic mass is 16.5. The summed E-state index contributed by atoms with van der Waals surface area (Å²) >= 11 is 0. The van der Waals surface area contributed by atoms with Crippen molar-refractivity contribution in [2.45, 2.75) is 64.6 Å². The summed E-state index contributed by atoms with van der Waals surface area (Å²) in [6, 6.07) is 14.7. The van der Waals surface area contributed by atoms with Gasteiger partial charge in [-0.3, -0.25) is 9.59 Å². The summed E-state index contributed by atoms with van der Waals surface area (Å²) < 4.78 is 11.1. The Kier molecular flexibility index (Phi) is 8.54. The first kappa shape index (κ1) is 23.6. The number of hydrogen-bond acceptors (Lipinski definition) is 4. The molecule has 3 rings (SSSR count). The highest BCUT2D eigenvalue weighted by Crippen LogP contribution is 2.20. The van der Waals surface area contributed by atoms with Crippen molar-refractivity contribution in [1.82, 2.24) is 10.2 Å². The number of aryl methyl sites for hydroxylation is 1. The van der Waals surface area contributed by atoms with E-state index in [0.29, 0.717) is 18.0 Å². The summed E-state index contributed by atoms with van der Waals surface area (Å²) in [5.41, 5.74) is 1.95. The van der Waals surface area contributed by atoms with Crippen LogP contribution >= 0.6 is 0 Å². The molecule has 172 valence electrons. The average Bonchev–Trinajstić information content (AvgIpc) is 2.81. The predicted octanol–water partition coefficient (Wildman–Crippen LogP) is 4.25. The second kappa shape index (κ2) is 11.6. The first-order valence-electron chi connectivity index (χ1n) is 11.4. The third-order valence-electron chi connectivity index (χ3n) is 5.96. The van der Waals surface area contributed by atoms with Gasteiger partial charge in [-0.1, -0.05) is 43.5 Å². The van der Waals surface area contributed by atoms with Gasteiger partial charge in [0.05, 0.1) is 7.11 Å². The van der Waals surface area contributed by atoms with Crippen LogP contribution in [0.25, 0.3) is 0 Å². The number of carbonyl (C=O) groups excluding carboxylic acids is 2. The third kappa shape index (κ3) is 6.74. The number of nitrogens with one attached hydrogen (secondary N) is 1. The molecule has 2 amide bonds. The van der Waals surface area contributed by atoms with E-state index in [-0.39, 0.29) is 24.5 Å². The zero-order valence-corrected chi connectivity index (χ0v) is 19.3. The van der Waals surface area contributed by atoms with Gasteiger partial charge < -0.3 is 19.7 Å². The van der Waals surface area contributed by atoms with E-state index in [4.69, 9.17) is 9.47 Å². The number of ether oxygens (including phenoxy) is 2. The zero-order chi connectivity index (χ0) is 22.9. The number of nitrogens with zero attached hydrogens (tertiary/aromatic N) is 1. The van der Waals surface area contributed by atoms with Crippen molar-refractivity contribution < 1.29 is 19.1 Å². The normalized spacial score (nSPS) is 15.0. The first-order chi connectivity index (χ1) is 15.5. The lowest BCUT2D eigenvalue weighted by Gasteiger charge is -2.31. The lowest BCUT2D eigenvalue weighted by Crippen LogP contribution is -2.51. The topological polar surface area (TPSA) is 67.9 Å². The Morgan fingerprint density at radius 1 is 1.06 bits per heavy atom. The van der Waals surface area contributed by atoms with Gasteiger partial charge in [-0.05, 0) is 62.1 Å². The van der Waals surface area contributed by atoms with E-state index in [1.807, 2.05) is 55.5 Å². The average molecular weight is 439 g/mol. The standard InChI is InChI=1S/C26H34N2O4/c1-19-9-7-14-24(15-19)32-18-25(29)28(17-21-10-8-13-23(16-21)31-3)20(2)26(30)27-22-11-5-4-6-12-22/h7-10,13-16,20,22H,4-6,11-12,17-18H2,1-3H3,(H,27,30)/t20-/m1/s1. The minimum atomic E-state index is -0.614. The molecular formula is C26H34N2O4. The van der Waals surface area contributed by atoms with Crippen molar-refractivity contribution in [1.29, 1.82) is 0 Å². The second-order valence-corrected chi connectivity index (χ2v) is 8.50. The van der Waals surface area contributed by atoms with Crippen LogP contribution in [0.15, 0.2) is 48.5 Å². The van der Waals surface area contributed by atoms with Gasteiger partial charge in [0.15, 0.2) is 6.61 Å². The van der Waals surface area contributed by atoms with Gasteiger partial charge in [0.2, 0.25) is 5.91 Å². The van der Waals surface area contributed by atoms with Crippen LogP contribution < -0.4 is 14.8 Å². The molecule has 2 aromatic rings. The minimum Gasteiger partial charge on any atom is -0.497 e. The molecule has 2 aromatic carbocycles. The Bertz CT molecular complexity index is 908. The molecule has 1 atom stereocenters. The summed E-state index contributed by atoms with van der Waals surface area (Å²) in [5.74, 6) is 0.994. The highest BCUT2D eigenvalue weighted by Gasteiger charge is 2.28. The van der Waals surface area contributed by atoms with E-state index in [1.165, 1.54) is 6.42 Å². The fourth-order valence-corrected chi connectivity index (χ4v) is 4.05. The Balaban J connectivity index is 1.72. The SMILES string of the molecule is COc1cccc(CN(C(=O)COc2cccc(C)c2)[C@H](C)C(=O)NC2CCCCC2)c1. The summed E-state index contributed by atoms with van der Waals surface area (Å²) in [4.78, 5) is 27.8. The van der Waals surface area contributed by atoms with E-state index in [2.05, 4.69) is 5.32 Å². The van der Waals surface area contributed by atoms with Gasteiger partial charge in [-0.2, -0.15) is 0 Å². The number of methoxy groups -OCH3 is 1. The molecule has 1 aliphatic carbocycles. The van der Waals surface area contributed by atoms with E-state index in [0.717, 1.165) is 36.8 Å². The maximum absolute atomic E-state index is 13.2. The molecule has 0 spiro atoms. The van der Waals surface area contributed by atoms with E-state index >= 15 is 0 Å². The van der Waals surface area contributed by atoms with Gasteiger partial charge in [-0.25, -0.2) is 0 Å². The number of benzene rings is 2. The van der Waals surface area contributed by atoms with Crippen molar-refractivity contribution in [3.8, 4) is 11.5 Å². The van der Waals surface area contributed by atoms with Crippen LogP contribution in [0.5, 0.6) is 11.5 Å². The van der Waals surface area contributed by atoms with Crippen LogP contribution in [-0.4, -0.2) is 42.5 Å². The van der Waals surface area contributed by atoms with Gasteiger partial charge in [-0.15, -0.1) is 0 Å². The van der Waals surface area contributed by atoms with Crippen molar-refractivity contribution in [3.05, 3.63) is 59.7 Å². The van der Waals surface area contributed by atoms with Crippen LogP contribution in [0.4, 0.5) is 0 Å². The number of rotatable bonds is 9. The van der Waals surface area contributed by atoms with Crippen molar-refractivity contribution in [2.24, 2.45) is 0 Å². The summed E-state index contributed by atoms with van der Waals surface area (Å²) in [6.07, 6.45) is 5.49. The molecule has 0 unspecified atom stereocenters. The lowest BCUT2D eigenvalue weighted by atomic mass is 9.95. The van der Waals surface area contributed by atoms with Gasteiger partial charge in [0.25, 0.3) is 5.91 Å². The molecule has 0 bridgehead atoms.